The Bertz CT molecular complexity index is 1270. The largest absolute Gasteiger partial charge is 0.0696 e. The highest BCUT2D eigenvalue weighted by Crippen LogP contribution is 2.30. The molecule has 0 aliphatic heterocycles. The van der Waals surface area contributed by atoms with Gasteiger partial charge in [0.15, 0.2) is 0 Å². The molecule has 0 heteroatoms. The highest BCUT2D eigenvalue weighted by atomic mass is 14.1. The molecule has 0 spiro atoms. The molecule has 4 aromatic rings. The minimum Gasteiger partial charge on any atom is -0.0696 e. The van der Waals surface area contributed by atoms with Crippen LogP contribution in [0.4, 0.5) is 0 Å². The first kappa shape index (κ1) is 18.1. The Hall–Kier alpha value is -3.30. The molecule has 0 fully saturated rings. The molecule has 0 heterocycles. The van der Waals surface area contributed by atoms with Gasteiger partial charge in [-0.25, -0.2) is 0 Å². The molecule has 0 nitrogen and oxygen atoms in total. The van der Waals surface area contributed by atoms with Gasteiger partial charge in [0.2, 0.25) is 0 Å². The molecule has 28 heavy (non-hydrogen) atoms. The molecule has 0 atom stereocenters. The Kier molecular flexibility index (Phi) is 4.76. The lowest BCUT2D eigenvalue weighted by molar-refractivity contribution is 1.37. The Labute approximate surface area is 167 Å². The van der Waals surface area contributed by atoms with Crippen LogP contribution in [0.5, 0.6) is 0 Å². The number of benzene rings is 4. The van der Waals surface area contributed by atoms with Crippen LogP contribution in [0.2, 0.25) is 0 Å². The van der Waals surface area contributed by atoms with Crippen molar-refractivity contribution < 1.29 is 0 Å². The van der Waals surface area contributed by atoms with Gasteiger partial charge in [0.05, 0.1) is 0 Å². The molecule has 0 saturated carbocycles. The van der Waals surface area contributed by atoms with E-state index >= 15 is 0 Å². The van der Waals surface area contributed by atoms with Crippen molar-refractivity contribution in [3.05, 3.63) is 100 Å². The van der Waals surface area contributed by atoms with E-state index < -0.39 is 0 Å². The molecule has 0 radical (unpaired) electrons. The van der Waals surface area contributed by atoms with Crippen molar-refractivity contribution in [2.45, 2.75) is 27.7 Å². The van der Waals surface area contributed by atoms with Gasteiger partial charge in [-0.05, 0) is 102 Å². The number of hydrogen-bond donors (Lipinski definition) is 0. The third-order valence-corrected chi connectivity index (χ3v) is 5.10. The van der Waals surface area contributed by atoms with Gasteiger partial charge in [0, 0.05) is 5.56 Å². The molecule has 0 aromatic heterocycles. The smallest absolute Gasteiger partial charge is 0.0254 e. The van der Waals surface area contributed by atoms with E-state index in [1.165, 1.54) is 49.4 Å². The van der Waals surface area contributed by atoms with E-state index in [2.05, 4.69) is 106 Å². The van der Waals surface area contributed by atoms with Gasteiger partial charge in [0.25, 0.3) is 0 Å². The van der Waals surface area contributed by atoms with E-state index in [4.69, 9.17) is 0 Å². The second-order valence-electron chi connectivity index (χ2n) is 7.71. The number of hydrogen-bond acceptors (Lipinski definition) is 0. The summed E-state index contributed by atoms with van der Waals surface area (Å²) in [5.74, 6) is 6.42. The minimum atomic E-state index is 1.07. The predicted octanol–water partition coefficient (Wildman–Crippen LogP) is 7.29. The van der Waals surface area contributed by atoms with Crippen molar-refractivity contribution in [2.75, 3.05) is 0 Å². The SMILES string of the molecule is Cc1cc(C)cc(C#C/C=C/c2ccc3ccc4cc(C)cc(C)c4c3c2)c1. The summed E-state index contributed by atoms with van der Waals surface area (Å²) in [6.07, 6.45) is 4.04. The van der Waals surface area contributed by atoms with Crippen LogP contribution in [0.3, 0.4) is 0 Å². The highest BCUT2D eigenvalue weighted by molar-refractivity contribution is 6.09. The maximum absolute atomic E-state index is 3.24. The first-order valence-corrected chi connectivity index (χ1v) is 9.70. The first-order valence-electron chi connectivity index (χ1n) is 9.70. The van der Waals surface area contributed by atoms with Gasteiger partial charge >= 0.3 is 0 Å². The van der Waals surface area contributed by atoms with Gasteiger partial charge in [-0.15, -0.1) is 0 Å². The fourth-order valence-corrected chi connectivity index (χ4v) is 4.03. The monoisotopic (exact) mass is 360 g/mol. The van der Waals surface area contributed by atoms with Gasteiger partial charge in [-0.2, -0.15) is 0 Å². The van der Waals surface area contributed by atoms with E-state index in [1.54, 1.807) is 0 Å². The molecule has 0 amide bonds. The van der Waals surface area contributed by atoms with Crippen molar-refractivity contribution in [3.8, 4) is 11.8 Å². The summed E-state index contributed by atoms with van der Waals surface area (Å²) in [5, 5.41) is 5.23. The van der Waals surface area contributed by atoms with Crippen molar-refractivity contribution in [1.82, 2.24) is 0 Å². The zero-order chi connectivity index (χ0) is 19.7. The Balaban J connectivity index is 1.71. The average molecular weight is 361 g/mol. The molecule has 0 aliphatic carbocycles. The van der Waals surface area contributed by atoms with Crippen LogP contribution in [0.25, 0.3) is 27.6 Å². The van der Waals surface area contributed by atoms with E-state index in [-0.39, 0.29) is 0 Å². The maximum atomic E-state index is 3.24. The zero-order valence-electron chi connectivity index (χ0n) is 16.9. The Morgan fingerprint density at radius 3 is 2.14 bits per heavy atom. The molecule has 0 N–H and O–H groups in total. The number of allylic oxidation sites excluding steroid dienone is 1. The maximum Gasteiger partial charge on any atom is 0.0254 e. The van der Waals surface area contributed by atoms with Crippen molar-refractivity contribution in [3.63, 3.8) is 0 Å². The van der Waals surface area contributed by atoms with Crippen molar-refractivity contribution in [1.29, 1.82) is 0 Å². The molecular formula is C28H24. The summed E-state index contributed by atoms with van der Waals surface area (Å²) in [4.78, 5) is 0. The minimum absolute atomic E-state index is 1.07. The molecule has 0 bridgehead atoms. The second kappa shape index (κ2) is 7.37. The fourth-order valence-electron chi connectivity index (χ4n) is 4.03. The Morgan fingerprint density at radius 2 is 1.36 bits per heavy atom. The molecular weight excluding hydrogens is 336 g/mol. The standard InChI is InChI=1S/C28H24/c1-19-13-20(2)16-24(15-19)8-6-5-7-23-9-10-25-11-12-26-17-21(3)14-22(4)28(26)27(25)18-23/h5,7,9-18H,1-4H3/b7-5+. The van der Waals surface area contributed by atoms with Crippen LogP contribution in [0.1, 0.15) is 33.4 Å². The van der Waals surface area contributed by atoms with Crippen LogP contribution < -0.4 is 0 Å². The number of aryl methyl sites for hydroxylation is 4. The summed E-state index contributed by atoms with van der Waals surface area (Å²) in [7, 11) is 0. The van der Waals surface area contributed by atoms with Crippen LogP contribution in [-0.2, 0) is 0 Å². The quantitative estimate of drug-likeness (QED) is 0.247. The summed E-state index contributed by atoms with van der Waals surface area (Å²) in [6.45, 7) is 8.57. The number of fused-ring (bicyclic) bond motifs is 3. The topological polar surface area (TPSA) is 0 Å². The van der Waals surface area contributed by atoms with Crippen LogP contribution in [0.15, 0.2) is 66.7 Å². The summed E-state index contributed by atoms with van der Waals surface area (Å²) >= 11 is 0. The summed E-state index contributed by atoms with van der Waals surface area (Å²) in [5.41, 5.74) is 7.38. The van der Waals surface area contributed by atoms with Gasteiger partial charge < -0.3 is 0 Å². The lowest BCUT2D eigenvalue weighted by Gasteiger charge is -2.09. The van der Waals surface area contributed by atoms with Crippen molar-refractivity contribution >= 4 is 27.6 Å². The zero-order valence-corrected chi connectivity index (χ0v) is 16.9. The highest BCUT2D eigenvalue weighted by Gasteiger charge is 2.05. The molecule has 4 aromatic carbocycles. The van der Waals surface area contributed by atoms with Gasteiger partial charge in [0.1, 0.15) is 0 Å². The molecule has 0 aliphatic rings. The van der Waals surface area contributed by atoms with Crippen LogP contribution in [0, 0.1) is 39.5 Å². The fraction of sp³-hybridized carbons (Fsp3) is 0.143. The van der Waals surface area contributed by atoms with E-state index in [0.29, 0.717) is 0 Å². The number of rotatable bonds is 1. The van der Waals surface area contributed by atoms with E-state index in [9.17, 15) is 0 Å². The molecule has 0 unspecified atom stereocenters. The Morgan fingerprint density at radius 1 is 0.679 bits per heavy atom. The first-order chi connectivity index (χ1) is 13.5. The average Bonchev–Trinajstić information content (AvgIpc) is 2.63. The summed E-state index contributed by atoms with van der Waals surface area (Å²) in [6, 6.07) is 22.0. The third-order valence-electron chi connectivity index (χ3n) is 5.10. The van der Waals surface area contributed by atoms with Crippen LogP contribution in [-0.4, -0.2) is 0 Å². The normalized spacial score (nSPS) is 11.1. The van der Waals surface area contributed by atoms with E-state index in [1.807, 2.05) is 6.08 Å². The van der Waals surface area contributed by atoms with Crippen molar-refractivity contribution in [2.24, 2.45) is 0 Å². The third kappa shape index (κ3) is 3.71. The van der Waals surface area contributed by atoms with Gasteiger partial charge in [-0.1, -0.05) is 59.9 Å². The molecule has 136 valence electrons. The van der Waals surface area contributed by atoms with Gasteiger partial charge in [-0.3, -0.25) is 0 Å². The second-order valence-corrected chi connectivity index (χ2v) is 7.71. The molecule has 4 rings (SSSR count). The lowest BCUT2D eigenvalue weighted by atomic mass is 9.95. The predicted molar refractivity (Wildman–Crippen MR) is 123 cm³/mol. The lowest BCUT2D eigenvalue weighted by Crippen LogP contribution is -1.85. The summed E-state index contributed by atoms with van der Waals surface area (Å²) < 4.78 is 0. The van der Waals surface area contributed by atoms with E-state index in [0.717, 1.165) is 5.56 Å². The van der Waals surface area contributed by atoms with Crippen LogP contribution >= 0.6 is 0 Å². The molecule has 0 saturated heterocycles.